The number of fused-ring (bicyclic) bond motifs is 3. The van der Waals surface area contributed by atoms with Crippen LogP contribution in [0.3, 0.4) is 0 Å². The highest BCUT2D eigenvalue weighted by atomic mass is 35.5. The van der Waals surface area contributed by atoms with Gasteiger partial charge < -0.3 is 14.6 Å². The molecule has 24 heavy (non-hydrogen) atoms. The molecule has 3 saturated heterocycles. The van der Waals surface area contributed by atoms with Crippen LogP contribution in [0.4, 0.5) is 0 Å². The largest absolute Gasteiger partial charge is 0.451 e. The second-order valence-corrected chi connectivity index (χ2v) is 7.41. The van der Waals surface area contributed by atoms with Gasteiger partial charge in [0.2, 0.25) is 0 Å². The Kier molecular flexibility index (Phi) is 4.29. The summed E-state index contributed by atoms with van der Waals surface area (Å²) >= 11 is 12.0. The molecule has 0 aliphatic carbocycles. The fourth-order valence-electron chi connectivity index (χ4n) is 3.68. The summed E-state index contributed by atoms with van der Waals surface area (Å²) in [6.45, 7) is 3.24. The quantitative estimate of drug-likeness (QED) is 0.892. The highest BCUT2D eigenvalue weighted by molar-refractivity contribution is 6.35. The number of nitrogens with zero attached hydrogens (tertiary/aromatic N) is 1. The lowest BCUT2D eigenvalue weighted by Gasteiger charge is -2.44. The Morgan fingerprint density at radius 3 is 2.46 bits per heavy atom. The highest BCUT2D eigenvalue weighted by Crippen LogP contribution is 2.30. The van der Waals surface area contributed by atoms with Crippen molar-refractivity contribution >= 4 is 29.1 Å². The van der Waals surface area contributed by atoms with Crippen LogP contribution in [0.2, 0.25) is 10.0 Å². The predicted octanol–water partition coefficient (Wildman–Crippen LogP) is 4.08. The van der Waals surface area contributed by atoms with Gasteiger partial charge in [0.25, 0.3) is 5.91 Å². The molecule has 0 saturated carbocycles. The Hall–Kier alpha value is -1.49. The Labute approximate surface area is 150 Å². The van der Waals surface area contributed by atoms with E-state index >= 15 is 0 Å². The topological polar surface area (TPSA) is 45.5 Å². The third-order valence-electron chi connectivity index (χ3n) is 4.95. The van der Waals surface area contributed by atoms with Gasteiger partial charge >= 0.3 is 0 Å². The van der Waals surface area contributed by atoms with Gasteiger partial charge in [-0.15, -0.1) is 0 Å². The van der Waals surface area contributed by atoms with Crippen LogP contribution in [0.5, 0.6) is 0 Å². The first-order valence-corrected chi connectivity index (χ1v) is 8.93. The van der Waals surface area contributed by atoms with E-state index in [0.29, 0.717) is 27.5 Å². The average Bonchev–Trinajstić information content (AvgIpc) is 3.05. The smallest absolute Gasteiger partial charge is 0.287 e. The molecular weight excluding hydrogens is 347 g/mol. The monoisotopic (exact) mass is 364 g/mol. The molecule has 1 aromatic heterocycles. The van der Waals surface area contributed by atoms with Crippen LogP contribution in [0.1, 0.15) is 23.4 Å². The third-order valence-corrected chi connectivity index (χ3v) is 5.39. The molecule has 1 amide bonds. The number of carbonyl (C=O) groups excluding carboxylic acids is 1. The van der Waals surface area contributed by atoms with Crippen LogP contribution < -0.4 is 5.32 Å². The van der Waals surface area contributed by atoms with Gasteiger partial charge in [0.15, 0.2) is 5.76 Å². The van der Waals surface area contributed by atoms with Gasteiger partial charge in [-0.1, -0.05) is 23.2 Å². The Bertz CT molecular complexity index is 746. The summed E-state index contributed by atoms with van der Waals surface area (Å²) in [4.78, 5) is 14.9. The van der Waals surface area contributed by atoms with E-state index in [9.17, 15) is 4.79 Å². The zero-order chi connectivity index (χ0) is 16.7. The molecule has 3 fully saturated rings. The van der Waals surface area contributed by atoms with Gasteiger partial charge in [0.05, 0.1) is 0 Å². The van der Waals surface area contributed by atoms with Gasteiger partial charge in [-0.25, -0.2) is 0 Å². The van der Waals surface area contributed by atoms with Crippen LogP contribution in [-0.2, 0) is 0 Å². The van der Waals surface area contributed by atoms with Crippen LogP contribution >= 0.6 is 23.2 Å². The van der Waals surface area contributed by atoms with Crippen LogP contribution in [0, 0.1) is 5.92 Å². The van der Waals surface area contributed by atoms with E-state index in [4.69, 9.17) is 27.6 Å². The Morgan fingerprint density at radius 1 is 1.12 bits per heavy atom. The van der Waals surface area contributed by atoms with E-state index in [-0.39, 0.29) is 11.9 Å². The van der Waals surface area contributed by atoms with E-state index in [1.54, 1.807) is 30.3 Å². The maximum Gasteiger partial charge on any atom is 0.287 e. The van der Waals surface area contributed by atoms with Gasteiger partial charge in [-0.2, -0.15) is 0 Å². The van der Waals surface area contributed by atoms with Gasteiger partial charge in [0.1, 0.15) is 5.76 Å². The molecule has 1 aromatic carbocycles. The van der Waals surface area contributed by atoms with E-state index in [0.717, 1.165) is 38.0 Å². The lowest BCUT2D eigenvalue weighted by molar-refractivity contribution is 0.0606. The van der Waals surface area contributed by atoms with Gasteiger partial charge in [0, 0.05) is 28.2 Å². The summed E-state index contributed by atoms with van der Waals surface area (Å²) < 4.78 is 5.72. The minimum absolute atomic E-state index is 0.159. The summed E-state index contributed by atoms with van der Waals surface area (Å²) in [7, 11) is 0. The summed E-state index contributed by atoms with van der Waals surface area (Å²) in [6, 6.07) is 8.88. The SMILES string of the molecule is O=C(N[C@H]1CN2CCC1CC2)c1ccc(-c2cc(Cl)cc(Cl)c2)o1. The maximum atomic E-state index is 12.5. The number of benzene rings is 1. The molecule has 126 valence electrons. The second kappa shape index (κ2) is 6.43. The molecule has 6 heteroatoms. The molecule has 0 radical (unpaired) electrons. The number of carbonyl (C=O) groups is 1. The zero-order valence-corrected chi connectivity index (χ0v) is 14.6. The van der Waals surface area contributed by atoms with Crippen LogP contribution in [0.15, 0.2) is 34.7 Å². The molecule has 4 nitrogen and oxygen atoms in total. The van der Waals surface area contributed by atoms with E-state index in [1.165, 1.54) is 0 Å². The predicted molar refractivity (Wildman–Crippen MR) is 94.6 cm³/mol. The van der Waals surface area contributed by atoms with Crippen molar-refractivity contribution < 1.29 is 9.21 Å². The molecule has 0 unspecified atom stereocenters. The first kappa shape index (κ1) is 16.0. The van der Waals surface area contributed by atoms with Crippen molar-refractivity contribution in [2.45, 2.75) is 18.9 Å². The summed E-state index contributed by atoms with van der Waals surface area (Å²) in [6.07, 6.45) is 2.32. The first-order chi connectivity index (χ1) is 11.6. The number of rotatable bonds is 3. The highest BCUT2D eigenvalue weighted by Gasteiger charge is 2.35. The van der Waals surface area contributed by atoms with Crippen molar-refractivity contribution in [2.75, 3.05) is 19.6 Å². The number of hydrogen-bond acceptors (Lipinski definition) is 3. The fraction of sp³-hybridized carbons (Fsp3) is 0.389. The molecule has 2 bridgehead atoms. The maximum absolute atomic E-state index is 12.5. The van der Waals surface area contributed by atoms with E-state index < -0.39 is 0 Å². The molecule has 1 atom stereocenters. The number of hydrogen-bond donors (Lipinski definition) is 1. The molecule has 2 aromatic rings. The standard InChI is InChI=1S/C18H18Cl2N2O2/c19-13-7-12(8-14(20)9-13)16-1-2-17(24-16)18(23)21-15-10-22-5-3-11(15)4-6-22/h1-2,7-9,11,15H,3-6,10H2,(H,21,23)/t15-/m0/s1. The molecule has 1 N–H and O–H groups in total. The molecule has 3 aliphatic heterocycles. The zero-order valence-electron chi connectivity index (χ0n) is 13.1. The summed E-state index contributed by atoms with van der Waals surface area (Å²) in [5, 5.41) is 4.20. The first-order valence-electron chi connectivity index (χ1n) is 8.18. The van der Waals surface area contributed by atoms with Gasteiger partial charge in [-0.05, 0) is 62.2 Å². The number of halogens is 2. The average molecular weight is 365 g/mol. The van der Waals surface area contributed by atoms with Crippen LogP contribution in [0.25, 0.3) is 11.3 Å². The molecule has 5 rings (SSSR count). The summed E-state index contributed by atoms with van der Waals surface area (Å²) in [5.74, 6) is 1.32. The minimum Gasteiger partial charge on any atom is -0.451 e. The summed E-state index contributed by atoms with van der Waals surface area (Å²) in [5.41, 5.74) is 0.759. The minimum atomic E-state index is -0.159. The normalized spacial score (nSPS) is 25.7. The van der Waals surface area contributed by atoms with Gasteiger partial charge in [-0.3, -0.25) is 4.79 Å². The Morgan fingerprint density at radius 2 is 1.83 bits per heavy atom. The Balaban J connectivity index is 1.49. The van der Waals surface area contributed by atoms with Crippen molar-refractivity contribution in [3.8, 4) is 11.3 Å². The van der Waals surface area contributed by atoms with Crippen molar-refractivity contribution in [3.05, 3.63) is 46.1 Å². The van der Waals surface area contributed by atoms with Crippen molar-refractivity contribution in [1.82, 2.24) is 10.2 Å². The molecular formula is C18H18Cl2N2O2. The number of nitrogens with one attached hydrogen (secondary N) is 1. The van der Waals surface area contributed by atoms with E-state index in [2.05, 4.69) is 10.2 Å². The number of amides is 1. The third kappa shape index (κ3) is 3.18. The van der Waals surface area contributed by atoms with Crippen molar-refractivity contribution in [3.63, 3.8) is 0 Å². The lowest BCUT2D eigenvalue weighted by Crippen LogP contribution is -2.57. The second-order valence-electron chi connectivity index (χ2n) is 6.54. The fourth-order valence-corrected chi connectivity index (χ4v) is 4.21. The number of furan rings is 1. The van der Waals surface area contributed by atoms with E-state index in [1.807, 2.05) is 0 Å². The van der Waals surface area contributed by atoms with Crippen LogP contribution in [-0.4, -0.2) is 36.5 Å². The number of piperidine rings is 3. The lowest BCUT2D eigenvalue weighted by atomic mass is 9.84. The van der Waals surface area contributed by atoms with Crippen molar-refractivity contribution in [1.29, 1.82) is 0 Å². The molecule has 3 aliphatic rings. The molecule has 4 heterocycles. The van der Waals surface area contributed by atoms with Crippen molar-refractivity contribution in [2.24, 2.45) is 5.92 Å². The molecule has 0 spiro atoms.